The number of hydrogen-bond acceptors (Lipinski definition) is 2. The van der Waals surface area contributed by atoms with Crippen LogP contribution in [0.25, 0.3) is 0 Å². The quantitative estimate of drug-likeness (QED) is 0.738. The number of hydrogen-bond donors (Lipinski definition) is 1. The van der Waals surface area contributed by atoms with Gasteiger partial charge in [0.1, 0.15) is 5.75 Å². The molecule has 3 heteroatoms. The average Bonchev–Trinajstić information content (AvgIpc) is 2.16. The summed E-state index contributed by atoms with van der Waals surface area (Å²) in [5, 5.41) is 2.79. The number of rotatable bonds is 1. The molecule has 1 amide bonds. The first kappa shape index (κ1) is 9.06. The Kier molecular flexibility index (Phi) is 2.15. The lowest BCUT2D eigenvalue weighted by molar-refractivity contribution is -0.118. The van der Waals surface area contributed by atoms with Crippen molar-refractivity contribution < 1.29 is 9.53 Å². The van der Waals surface area contributed by atoms with Crippen molar-refractivity contribution in [1.29, 1.82) is 0 Å². The monoisotopic (exact) mass is 191 g/mol. The molecule has 0 unspecified atom stereocenters. The number of carbonyl (C=O) groups excluding carboxylic acids is 1. The maximum absolute atomic E-state index is 11.1. The van der Waals surface area contributed by atoms with Gasteiger partial charge in [-0.2, -0.15) is 0 Å². The molecule has 3 nitrogen and oxygen atoms in total. The molecular weight excluding hydrogens is 178 g/mol. The van der Waals surface area contributed by atoms with Crippen molar-refractivity contribution >= 4 is 11.6 Å². The minimum Gasteiger partial charge on any atom is -0.482 e. The number of ether oxygens (including phenoxy) is 1. The highest BCUT2D eigenvalue weighted by Gasteiger charge is 2.16. The van der Waals surface area contributed by atoms with Crippen LogP contribution in [0.3, 0.4) is 0 Å². The lowest BCUT2D eigenvalue weighted by atomic mass is 10.0. The van der Waals surface area contributed by atoms with E-state index in [-0.39, 0.29) is 12.5 Å². The van der Waals surface area contributed by atoms with Gasteiger partial charge in [0.2, 0.25) is 0 Å². The van der Waals surface area contributed by atoms with Gasteiger partial charge < -0.3 is 10.1 Å². The van der Waals surface area contributed by atoms with Crippen molar-refractivity contribution in [1.82, 2.24) is 0 Å². The fraction of sp³-hybridized carbons (Fsp3) is 0.364. The van der Waals surface area contributed by atoms with E-state index in [1.807, 2.05) is 18.2 Å². The molecule has 1 aromatic rings. The predicted octanol–water partition coefficient (Wildman–Crippen LogP) is 2.14. The molecule has 1 aliphatic rings. The second-order valence-corrected chi connectivity index (χ2v) is 3.75. The summed E-state index contributed by atoms with van der Waals surface area (Å²) in [6, 6.07) is 5.90. The fourth-order valence-electron chi connectivity index (χ4n) is 1.46. The molecule has 2 rings (SSSR count). The van der Waals surface area contributed by atoms with Crippen LogP contribution in [0.15, 0.2) is 18.2 Å². The smallest absolute Gasteiger partial charge is 0.262 e. The molecule has 1 aliphatic heterocycles. The molecule has 0 atom stereocenters. The fourth-order valence-corrected chi connectivity index (χ4v) is 1.46. The van der Waals surface area contributed by atoms with Crippen LogP contribution in [0.5, 0.6) is 5.75 Å². The molecule has 0 fully saturated rings. The SMILES string of the molecule is CC(C)c1ccc2c(c1)NC(=O)CO2. The number of anilines is 1. The molecule has 0 radical (unpaired) electrons. The number of nitrogens with one attached hydrogen (secondary N) is 1. The zero-order chi connectivity index (χ0) is 10.1. The van der Waals surface area contributed by atoms with Gasteiger partial charge in [-0.1, -0.05) is 19.9 Å². The lowest BCUT2D eigenvalue weighted by Crippen LogP contribution is -2.25. The van der Waals surface area contributed by atoms with Crippen LogP contribution in [0.2, 0.25) is 0 Å². The highest BCUT2D eigenvalue weighted by atomic mass is 16.5. The van der Waals surface area contributed by atoms with Gasteiger partial charge in [-0.15, -0.1) is 0 Å². The lowest BCUT2D eigenvalue weighted by Gasteiger charge is -2.19. The standard InChI is InChI=1S/C11H13NO2/c1-7(2)8-3-4-10-9(5-8)12-11(13)6-14-10/h3-5,7H,6H2,1-2H3,(H,12,13). The maximum Gasteiger partial charge on any atom is 0.262 e. The summed E-state index contributed by atoms with van der Waals surface area (Å²) in [5.74, 6) is 1.13. The van der Waals surface area contributed by atoms with Crippen LogP contribution >= 0.6 is 0 Å². The van der Waals surface area contributed by atoms with Crippen molar-refractivity contribution in [3.05, 3.63) is 23.8 Å². The largest absolute Gasteiger partial charge is 0.482 e. The molecule has 0 aliphatic carbocycles. The minimum atomic E-state index is -0.0848. The zero-order valence-corrected chi connectivity index (χ0v) is 8.33. The van der Waals surface area contributed by atoms with E-state index in [0.717, 1.165) is 11.4 Å². The summed E-state index contributed by atoms with van der Waals surface area (Å²) in [6.07, 6.45) is 0. The van der Waals surface area contributed by atoms with Crippen molar-refractivity contribution in [2.45, 2.75) is 19.8 Å². The van der Waals surface area contributed by atoms with E-state index in [0.29, 0.717) is 5.92 Å². The van der Waals surface area contributed by atoms with E-state index in [2.05, 4.69) is 19.2 Å². The molecule has 0 saturated heterocycles. The highest BCUT2D eigenvalue weighted by molar-refractivity contribution is 5.95. The van der Waals surface area contributed by atoms with E-state index in [1.165, 1.54) is 5.56 Å². The third kappa shape index (κ3) is 1.58. The third-order valence-corrected chi connectivity index (χ3v) is 2.30. The second kappa shape index (κ2) is 3.33. The molecule has 0 aromatic heterocycles. The Morgan fingerprint density at radius 1 is 1.43 bits per heavy atom. The molecular formula is C11H13NO2. The van der Waals surface area contributed by atoms with E-state index >= 15 is 0 Å². The first-order chi connectivity index (χ1) is 6.66. The van der Waals surface area contributed by atoms with E-state index in [1.54, 1.807) is 0 Å². The topological polar surface area (TPSA) is 38.3 Å². The Bertz CT molecular complexity index is 372. The van der Waals surface area contributed by atoms with Crippen LogP contribution < -0.4 is 10.1 Å². The summed E-state index contributed by atoms with van der Waals surface area (Å²) in [4.78, 5) is 11.1. The van der Waals surface area contributed by atoms with Gasteiger partial charge in [-0.3, -0.25) is 4.79 Å². The first-order valence-corrected chi connectivity index (χ1v) is 4.73. The first-order valence-electron chi connectivity index (χ1n) is 4.73. The van der Waals surface area contributed by atoms with Crippen molar-refractivity contribution in [3.63, 3.8) is 0 Å². The molecule has 1 N–H and O–H groups in total. The average molecular weight is 191 g/mol. The summed E-state index contributed by atoms with van der Waals surface area (Å²) >= 11 is 0. The molecule has 0 bridgehead atoms. The number of fused-ring (bicyclic) bond motifs is 1. The van der Waals surface area contributed by atoms with Crippen LogP contribution in [-0.4, -0.2) is 12.5 Å². The Morgan fingerprint density at radius 2 is 2.21 bits per heavy atom. The van der Waals surface area contributed by atoms with Crippen LogP contribution in [0.4, 0.5) is 5.69 Å². The number of amides is 1. The van der Waals surface area contributed by atoms with Gasteiger partial charge in [-0.25, -0.2) is 0 Å². The summed E-state index contributed by atoms with van der Waals surface area (Å²) in [7, 11) is 0. The van der Waals surface area contributed by atoms with Crippen LogP contribution in [-0.2, 0) is 4.79 Å². The third-order valence-electron chi connectivity index (χ3n) is 2.30. The van der Waals surface area contributed by atoms with Crippen molar-refractivity contribution in [2.24, 2.45) is 0 Å². The minimum absolute atomic E-state index is 0.0848. The van der Waals surface area contributed by atoms with Gasteiger partial charge in [0, 0.05) is 0 Å². The Balaban J connectivity index is 2.37. The van der Waals surface area contributed by atoms with E-state index < -0.39 is 0 Å². The van der Waals surface area contributed by atoms with Crippen LogP contribution in [0.1, 0.15) is 25.3 Å². The van der Waals surface area contributed by atoms with Gasteiger partial charge >= 0.3 is 0 Å². The summed E-state index contributed by atoms with van der Waals surface area (Å²) in [6.45, 7) is 4.36. The number of carbonyl (C=O) groups is 1. The normalized spacial score (nSPS) is 14.6. The zero-order valence-electron chi connectivity index (χ0n) is 8.33. The van der Waals surface area contributed by atoms with E-state index in [4.69, 9.17) is 4.74 Å². The second-order valence-electron chi connectivity index (χ2n) is 3.75. The van der Waals surface area contributed by atoms with E-state index in [9.17, 15) is 4.79 Å². The molecule has 1 aromatic carbocycles. The summed E-state index contributed by atoms with van der Waals surface area (Å²) < 4.78 is 5.26. The molecule has 1 heterocycles. The van der Waals surface area contributed by atoms with Gasteiger partial charge in [-0.05, 0) is 23.6 Å². The van der Waals surface area contributed by atoms with Crippen LogP contribution in [0, 0.1) is 0 Å². The molecule has 74 valence electrons. The Morgan fingerprint density at radius 3 is 2.93 bits per heavy atom. The van der Waals surface area contributed by atoms with Gasteiger partial charge in [0.15, 0.2) is 6.61 Å². The molecule has 0 spiro atoms. The van der Waals surface area contributed by atoms with Gasteiger partial charge in [0.05, 0.1) is 5.69 Å². The van der Waals surface area contributed by atoms with Gasteiger partial charge in [0.25, 0.3) is 5.91 Å². The predicted molar refractivity (Wildman–Crippen MR) is 54.7 cm³/mol. The highest BCUT2D eigenvalue weighted by Crippen LogP contribution is 2.30. The maximum atomic E-state index is 11.1. The Labute approximate surface area is 83.1 Å². The van der Waals surface area contributed by atoms with Crippen molar-refractivity contribution in [2.75, 3.05) is 11.9 Å². The number of benzene rings is 1. The molecule has 14 heavy (non-hydrogen) atoms. The summed E-state index contributed by atoms with van der Waals surface area (Å²) in [5.41, 5.74) is 1.99. The molecule has 0 saturated carbocycles. The van der Waals surface area contributed by atoms with Crippen molar-refractivity contribution in [3.8, 4) is 5.75 Å². The Hall–Kier alpha value is -1.51.